The molecule has 1 atom stereocenters. The van der Waals surface area contributed by atoms with Crippen LogP contribution in [0.4, 0.5) is 0 Å². The van der Waals surface area contributed by atoms with E-state index in [9.17, 15) is 8.42 Å². The third-order valence-electron chi connectivity index (χ3n) is 2.58. The van der Waals surface area contributed by atoms with Crippen molar-refractivity contribution >= 4 is 21.4 Å². The lowest BCUT2D eigenvalue weighted by Gasteiger charge is -2.25. The van der Waals surface area contributed by atoms with Crippen molar-refractivity contribution < 1.29 is 17.9 Å². The molecule has 0 spiro atoms. The third kappa shape index (κ3) is 2.54. The Balaban J connectivity index is 1.76. The van der Waals surface area contributed by atoms with E-state index < -0.39 is 15.9 Å². The molecular formula is C11H10N2O4S2. The Labute approximate surface area is 114 Å². The van der Waals surface area contributed by atoms with Gasteiger partial charge in [0.05, 0.1) is 5.75 Å². The molecule has 1 unspecified atom stereocenters. The van der Waals surface area contributed by atoms with E-state index in [1.807, 2.05) is 12.1 Å². The van der Waals surface area contributed by atoms with Gasteiger partial charge in [0.25, 0.3) is 0 Å². The zero-order valence-electron chi connectivity index (χ0n) is 9.72. The lowest BCUT2D eigenvalue weighted by atomic mass is 10.3. The summed E-state index contributed by atoms with van der Waals surface area (Å²) in [6.45, 7) is 0.203. The van der Waals surface area contributed by atoms with Gasteiger partial charge in [0.15, 0.2) is 11.5 Å². The van der Waals surface area contributed by atoms with Crippen LogP contribution in [0.1, 0.15) is 0 Å². The van der Waals surface area contributed by atoms with E-state index in [4.69, 9.17) is 9.47 Å². The molecule has 0 bridgehead atoms. The minimum absolute atomic E-state index is 0.00922. The Morgan fingerprint density at radius 3 is 2.84 bits per heavy atom. The van der Waals surface area contributed by atoms with Crippen LogP contribution >= 0.6 is 11.5 Å². The molecule has 0 amide bonds. The molecule has 0 saturated heterocycles. The van der Waals surface area contributed by atoms with Crippen LogP contribution in [0.3, 0.4) is 0 Å². The molecule has 2 heterocycles. The van der Waals surface area contributed by atoms with Crippen LogP contribution in [0.25, 0.3) is 0 Å². The minimum atomic E-state index is -3.48. The monoisotopic (exact) mass is 298 g/mol. The Bertz CT molecular complexity index is 670. The SMILES string of the molecule is O=S(=O)(CC1COc2ccccc2O1)c1ncns1. The summed E-state index contributed by atoms with van der Waals surface area (Å²) in [4.78, 5) is 3.72. The predicted octanol–water partition coefficient (Wildman–Crippen LogP) is 1.15. The number of hydrogen-bond acceptors (Lipinski definition) is 7. The fraction of sp³-hybridized carbons (Fsp3) is 0.273. The molecule has 2 aromatic rings. The Morgan fingerprint density at radius 2 is 2.11 bits per heavy atom. The van der Waals surface area contributed by atoms with Crippen molar-refractivity contribution in [2.45, 2.75) is 10.4 Å². The quantitative estimate of drug-likeness (QED) is 0.846. The van der Waals surface area contributed by atoms with Gasteiger partial charge in [0.1, 0.15) is 19.0 Å². The summed E-state index contributed by atoms with van der Waals surface area (Å²) in [5, 5.41) is 0. The number of benzene rings is 1. The number of rotatable bonds is 3. The fourth-order valence-electron chi connectivity index (χ4n) is 1.76. The van der Waals surface area contributed by atoms with Gasteiger partial charge >= 0.3 is 0 Å². The molecule has 1 aromatic heterocycles. The van der Waals surface area contributed by atoms with Gasteiger partial charge in [-0.3, -0.25) is 0 Å². The van der Waals surface area contributed by atoms with Crippen LogP contribution in [0, 0.1) is 0 Å². The summed E-state index contributed by atoms with van der Waals surface area (Å²) in [6, 6.07) is 7.17. The highest BCUT2D eigenvalue weighted by Gasteiger charge is 2.29. The van der Waals surface area contributed by atoms with Crippen LogP contribution in [0.5, 0.6) is 11.5 Å². The summed E-state index contributed by atoms with van der Waals surface area (Å²) >= 11 is 0.859. The number of ether oxygens (including phenoxy) is 2. The average Bonchev–Trinajstić information content (AvgIpc) is 2.93. The van der Waals surface area contributed by atoms with Gasteiger partial charge < -0.3 is 9.47 Å². The van der Waals surface area contributed by atoms with Crippen molar-refractivity contribution in [2.24, 2.45) is 0 Å². The summed E-state index contributed by atoms with van der Waals surface area (Å²) in [7, 11) is -3.48. The van der Waals surface area contributed by atoms with E-state index >= 15 is 0 Å². The molecule has 0 fully saturated rings. The zero-order valence-corrected chi connectivity index (χ0v) is 11.4. The highest BCUT2D eigenvalue weighted by atomic mass is 32.2. The lowest BCUT2D eigenvalue weighted by molar-refractivity contribution is 0.106. The highest BCUT2D eigenvalue weighted by Crippen LogP contribution is 2.31. The number of nitrogens with zero attached hydrogens (tertiary/aromatic N) is 2. The lowest BCUT2D eigenvalue weighted by Crippen LogP contribution is -2.35. The highest BCUT2D eigenvalue weighted by molar-refractivity contribution is 7.93. The Kier molecular flexibility index (Phi) is 3.11. The molecule has 0 aliphatic carbocycles. The maximum absolute atomic E-state index is 12.0. The maximum Gasteiger partial charge on any atom is 0.228 e. The van der Waals surface area contributed by atoms with Crippen molar-refractivity contribution in [3.8, 4) is 11.5 Å². The van der Waals surface area contributed by atoms with Crippen molar-refractivity contribution in [1.82, 2.24) is 9.36 Å². The van der Waals surface area contributed by atoms with Crippen LogP contribution in [-0.2, 0) is 9.84 Å². The van der Waals surface area contributed by atoms with Crippen molar-refractivity contribution in [2.75, 3.05) is 12.4 Å². The van der Waals surface area contributed by atoms with E-state index in [1.165, 1.54) is 6.33 Å². The summed E-state index contributed by atoms with van der Waals surface area (Å²) < 4.78 is 38.9. The first kappa shape index (κ1) is 12.4. The van der Waals surface area contributed by atoms with Crippen molar-refractivity contribution in [3.05, 3.63) is 30.6 Å². The summed E-state index contributed by atoms with van der Waals surface area (Å²) in [6.07, 6.45) is 0.689. The molecular weight excluding hydrogens is 288 g/mol. The van der Waals surface area contributed by atoms with Crippen LogP contribution in [0.2, 0.25) is 0 Å². The normalized spacial score (nSPS) is 18.2. The van der Waals surface area contributed by atoms with Crippen LogP contribution < -0.4 is 9.47 Å². The number of para-hydroxylation sites is 2. The van der Waals surface area contributed by atoms with Crippen molar-refractivity contribution in [3.63, 3.8) is 0 Å². The van der Waals surface area contributed by atoms with Gasteiger partial charge in [-0.05, 0) is 23.7 Å². The van der Waals surface area contributed by atoms with Gasteiger partial charge in [0.2, 0.25) is 14.2 Å². The molecule has 6 nitrogen and oxygen atoms in total. The third-order valence-corrected chi connectivity index (χ3v) is 5.47. The van der Waals surface area contributed by atoms with Gasteiger partial charge in [-0.25, -0.2) is 13.4 Å². The first-order chi connectivity index (χ1) is 9.15. The second kappa shape index (κ2) is 4.78. The first-order valence-corrected chi connectivity index (χ1v) is 7.95. The molecule has 0 radical (unpaired) electrons. The summed E-state index contributed by atoms with van der Waals surface area (Å²) in [5.41, 5.74) is 0. The van der Waals surface area contributed by atoms with E-state index in [2.05, 4.69) is 9.36 Å². The van der Waals surface area contributed by atoms with E-state index in [-0.39, 0.29) is 16.7 Å². The largest absolute Gasteiger partial charge is 0.486 e. The van der Waals surface area contributed by atoms with E-state index in [0.29, 0.717) is 11.5 Å². The molecule has 8 heteroatoms. The van der Waals surface area contributed by atoms with E-state index in [1.54, 1.807) is 12.1 Å². The van der Waals surface area contributed by atoms with Crippen LogP contribution in [-0.4, -0.2) is 36.2 Å². The standard InChI is InChI=1S/C11H10N2O4S2/c14-19(15,11-12-7-13-18-11)6-8-5-16-9-3-1-2-4-10(9)17-8/h1-4,7-8H,5-6H2. The van der Waals surface area contributed by atoms with Gasteiger partial charge in [-0.1, -0.05) is 12.1 Å². The zero-order chi connectivity index (χ0) is 13.3. The number of aromatic nitrogens is 2. The van der Waals surface area contributed by atoms with Crippen molar-refractivity contribution in [1.29, 1.82) is 0 Å². The van der Waals surface area contributed by atoms with Crippen LogP contribution in [0.15, 0.2) is 34.9 Å². The van der Waals surface area contributed by atoms with Gasteiger partial charge in [0, 0.05) is 0 Å². The first-order valence-electron chi connectivity index (χ1n) is 5.53. The molecule has 1 aliphatic heterocycles. The molecule has 19 heavy (non-hydrogen) atoms. The molecule has 100 valence electrons. The molecule has 0 saturated carbocycles. The smallest absolute Gasteiger partial charge is 0.228 e. The number of fused-ring (bicyclic) bond motifs is 1. The topological polar surface area (TPSA) is 78.4 Å². The molecule has 3 rings (SSSR count). The van der Waals surface area contributed by atoms with E-state index in [0.717, 1.165) is 11.5 Å². The second-order valence-electron chi connectivity index (χ2n) is 3.99. The molecule has 0 N–H and O–H groups in total. The predicted molar refractivity (Wildman–Crippen MR) is 68.3 cm³/mol. The molecule has 1 aromatic carbocycles. The summed E-state index contributed by atoms with van der Waals surface area (Å²) in [5.74, 6) is 1.02. The Morgan fingerprint density at radius 1 is 1.32 bits per heavy atom. The average molecular weight is 298 g/mol. The Hall–Kier alpha value is -1.67. The fourth-order valence-corrected chi connectivity index (χ4v) is 3.83. The maximum atomic E-state index is 12.0. The number of hydrogen-bond donors (Lipinski definition) is 0. The molecule has 1 aliphatic rings. The van der Waals surface area contributed by atoms with Gasteiger partial charge in [-0.15, -0.1) is 0 Å². The number of sulfone groups is 1. The van der Waals surface area contributed by atoms with Gasteiger partial charge in [-0.2, -0.15) is 4.37 Å². The minimum Gasteiger partial charge on any atom is -0.486 e. The second-order valence-corrected chi connectivity index (χ2v) is 6.97.